The molecule has 0 aromatic heterocycles. The number of hydrogen-bond acceptors (Lipinski definition) is 3. The Kier molecular flexibility index (Phi) is 4.79. The van der Waals surface area contributed by atoms with Crippen molar-refractivity contribution < 1.29 is 14.3 Å². The zero-order chi connectivity index (χ0) is 15.2. The molecule has 2 aromatic rings. The van der Waals surface area contributed by atoms with Crippen LogP contribution in [0, 0.1) is 0 Å². The summed E-state index contributed by atoms with van der Waals surface area (Å²) in [6.07, 6.45) is 0. The summed E-state index contributed by atoms with van der Waals surface area (Å²) in [5.74, 6) is 0.116. The predicted octanol–water partition coefficient (Wildman–Crippen LogP) is 2.35. The Labute approximate surface area is 126 Å². The third-order valence-corrected chi connectivity index (χ3v) is 2.82. The second-order valence-corrected chi connectivity index (χ2v) is 4.67. The van der Waals surface area contributed by atoms with Crippen molar-refractivity contribution >= 4 is 23.4 Å². The fourth-order valence-electron chi connectivity index (χ4n) is 1.61. The first-order valence-corrected chi connectivity index (χ1v) is 6.52. The Morgan fingerprint density at radius 2 is 1.81 bits per heavy atom. The number of primary amides is 1. The number of ether oxygens (including phenoxy) is 1. The fourth-order valence-corrected chi connectivity index (χ4v) is 1.73. The lowest BCUT2D eigenvalue weighted by Gasteiger charge is -2.08. The summed E-state index contributed by atoms with van der Waals surface area (Å²) in [6.45, 7) is -0.207. The summed E-state index contributed by atoms with van der Waals surface area (Å²) in [4.78, 5) is 22.4. The molecule has 0 aliphatic heterocycles. The smallest absolute Gasteiger partial charge is 0.251 e. The van der Waals surface area contributed by atoms with Crippen molar-refractivity contribution in [3.63, 3.8) is 0 Å². The van der Waals surface area contributed by atoms with Gasteiger partial charge in [-0.1, -0.05) is 17.7 Å². The van der Waals surface area contributed by atoms with Crippen molar-refractivity contribution in [3.05, 3.63) is 59.1 Å². The Morgan fingerprint density at radius 1 is 1.10 bits per heavy atom. The molecule has 0 saturated carbocycles. The quantitative estimate of drug-likeness (QED) is 0.889. The van der Waals surface area contributed by atoms with Crippen molar-refractivity contribution in [1.29, 1.82) is 0 Å². The second kappa shape index (κ2) is 6.76. The number of nitrogens with two attached hydrogens (primary N) is 1. The Balaban J connectivity index is 2.08. The number of rotatable bonds is 5. The molecule has 0 spiro atoms. The molecule has 21 heavy (non-hydrogen) atoms. The minimum Gasteiger partial charge on any atom is -0.457 e. The van der Waals surface area contributed by atoms with Crippen LogP contribution in [0.5, 0.6) is 11.5 Å². The van der Waals surface area contributed by atoms with Gasteiger partial charge in [0.1, 0.15) is 11.5 Å². The Bertz CT molecular complexity index is 656. The van der Waals surface area contributed by atoms with Gasteiger partial charge in [-0.25, -0.2) is 0 Å². The normalized spacial score (nSPS) is 9.95. The van der Waals surface area contributed by atoms with Gasteiger partial charge in [-0.05, 0) is 42.5 Å². The monoisotopic (exact) mass is 304 g/mol. The number of amides is 2. The van der Waals surface area contributed by atoms with Crippen molar-refractivity contribution in [2.75, 3.05) is 6.54 Å². The molecule has 0 fully saturated rings. The van der Waals surface area contributed by atoms with E-state index in [0.717, 1.165) is 0 Å². The molecule has 3 N–H and O–H groups in total. The Hall–Kier alpha value is -2.53. The number of benzene rings is 2. The van der Waals surface area contributed by atoms with E-state index < -0.39 is 11.8 Å². The molecule has 108 valence electrons. The molecule has 6 heteroatoms. The summed E-state index contributed by atoms with van der Waals surface area (Å²) < 4.78 is 5.62. The first-order valence-electron chi connectivity index (χ1n) is 6.14. The maximum Gasteiger partial charge on any atom is 0.251 e. The van der Waals surface area contributed by atoms with Crippen LogP contribution < -0.4 is 15.8 Å². The average molecular weight is 305 g/mol. The van der Waals surface area contributed by atoms with E-state index in [4.69, 9.17) is 22.1 Å². The molecule has 2 amide bonds. The zero-order valence-corrected chi connectivity index (χ0v) is 11.8. The van der Waals surface area contributed by atoms with Crippen molar-refractivity contribution in [3.8, 4) is 11.5 Å². The van der Waals surface area contributed by atoms with Gasteiger partial charge < -0.3 is 15.8 Å². The summed E-state index contributed by atoms with van der Waals surface area (Å²) in [5.41, 5.74) is 5.35. The number of nitrogens with one attached hydrogen (secondary N) is 1. The van der Waals surface area contributed by atoms with E-state index in [1.807, 2.05) is 0 Å². The van der Waals surface area contributed by atoms with E-state index in [-0.39, 0.29) is 6.54 Å². The van der Waals surface area contributed by atoms with E-state index >= 15 is 0 Å². The van der Waals surface area contributed by atoms with Crippen LogP contribution in [0.2, 0.25) is 5.02 Å². The number of hydrogen-bond donors (Lipinski definition) is 2. The van der Waals surface area contributed by atoms with Gasteiger partial charge >= 0.3 is 0 Å². The van der Waals surface area contributed by atoms with Gasteiger partial charge in [-0.3, -0.25) is 9.59 Å². The van der Waals surface area contributed by atoms with Gasteiger partial charge in [0.25, 0.3) is 5.91 Å². The summed E-state index contributed by atoms with van der Waals surface area (Å²) in [6, 6.07) is 13.5. The molecule has 0 radical (unpaired) electrons. The van der Waals surface area contributed by atoms with E-state index in [1.54, 1.807) is 48.5 Å². The highest BCUT2D eigenvalue weighted by molar-refractivity contribution is 6.30. The van der Waals surface area contributed by atoms with Gasteiger partial charge in [0.15, 0.2) is 0 Å². The van der Waals surface area contributed by atoms with Crippen LogP contribution >= 0.6 is 11.6 Å². The lowest BCUT2D eigenvalue weighted by atomic mass is 10.2. The maximum atomic E-state index is 11.8. The minimum atomic E-state index is -0.600. The number of carbonyl (C=O) groups excluding carboxylic acids is 2. The van der Waals surface area contributed by atoms with Crippen LogP contribution in [-0.2, 0) is 4.79 Å². The molecule has 5 nitrogen and oxygen atoms in total. The van der Waals surface area contributed by atoms with Crippen LogP contribution in [0.25, 0.3) is 0 Å². The standard InChI is InChI=1S/C15H13ClN2O3/c16-11-4-6-12(7-5-11)21-13-3-1-2-10(8-13)15(20)18-9-14(17)19/h1-8H,9H2,(H2,17,19)(H,18,20). The van der Waals surface area contributed by atoms with Crippen molar-refractivity contribution in [1.82, 2.24) is 5.32 Å². The lowest BCUT2D eigenvalue weighted by Crippen LogP contribution is -2.33. The third kappa shape index (κ3) is 4.50. The molecule has 2 rings (SSSR count). The minimum absolute atomic E-state index is 0.207. The van der Waals surface area contributed by atoms with E-state index in [1.165, 1.54) is 0 Å². The molecular weight excluding hydrogens is 292 g/mol. The molecule has 0 aliphatic carbocycles. The van der Waals surface area contributed by atoms with Crippen LogP contribution in [-0.4, -0.2) is 18.4 Å². The summed E-state index contributed by atoms with van der Waals surface area (Å²) in [7, 11) is 0. The molecule has 0 bridgehead atoms. The van der Waals surface area contributed by atoms with Gasteiger partial charge in [-0.15, -0.1) is 0 Å². The molecule has 0 aliphatic rings. The molecule has 0 unspecified atom stereocenters. The highest BCUT2D eigenvalue weighted by Crippen LogP contribution is 2.23. The largest absolute Gasteiger partial charge is 0.457 e. The highest BCUT2D eigenvalue weighted by Gasteiger charge is 2.08. The van der Waals surface area contributed by atoms with Crippen LogP contribution in [0.1, 0.15) is 10.4 Å². The van der Waals surface area contributed by atoms with E-state index in [9.17, 15) is 9.59 Å². The predicted molar refractivity (Wildman–Crippen MR) is 79.5 cm³/mol. The van der Waals surface area contributed by atoms with E-state index in [2.05, 4.69) is 5.32 Å². The molecule has 0 atom stereocenters. The summed E-state index contributed by atoms with van der Waals surface area (Å²) >= 11 is 5.80. The third-order valence-electron chi connectivity index (χ3n) is 2.57. The van der Waals surface area contributed by atoms with Gasteiger partial charge in [0.2, 0.25) is 5.91 Å². The first kappa shape index (κ1) is 14.9. The van der Waals surface area contributed by atoms with Gasteiger partial charge in [0.05, 0.1) is 6.54 Å². The first-order chi connectivity index (χ1) is 10.0. The molecule has 0 saturated heterocycles. The molecule has 0 heterocycles. The van der Waals surface area contributed by atoms with Crippen molar-refractivity contribution in [2.24, 2.45) is 5.73 Å². The molecular formula is C15H13ClN2O3. The number of halogens is 1. The fraction of sp³-hybridized carbons (Fsp3) is 0.0667. The maximum absolute atomic E-state index is 11.8. The average Bonchev–Trinajstić information content (AvgIpc) is 2.47. The number of carbonyl (C=O) groups is 2. The van der Waals surface area contributed by atoms with Crippen LogP contribution in [0.4, 0.5) is 0 Å². The van der Waals surface area contributed by atoms with Gasteiger partial charge in [0, 0.05) is 10.6 Å². The van der Waals surface area contributed by atoms with Crippen LogP contribution in [0.15, 0.2) is 48.5 Å². The van der Waals surface area contributed by atoms with E-state index in [0.29, 0.717) is 22.1 Å². The highest BCUT2D eigenvalue weighted by atomic mass is 35.5. The summed E-state index contributed by atoms with van der Waals surface area (Å²) in [5, 5.41) is 3.02. The van der Waals surface area contributed by atoms with Gasteiger partial charge in [-0.2, -0.15) is 0 Å². The van der Waals surface area contributed by atoms with Crippen LogP contribution in [0.3, 0.4) is 0 Å². The molecule has 2 aromatic carbocycles. The topological polar surface area (TPSA) is 81.4 Å². The SMILES string of the molecule is NC(=O)CNC(=O)c1cccc(Oc2ccc(Cl)cc2)c1. The lowest BCUT2D eigenvalue weighted by molar-refractivity contribution is -0.117. The second-order valence-electron chi connectivity index (χ2n) is 4.23. The Morgan fingerprint density at radius 3 is 2.48 bits per heavy atom. The van der Waals surface area contributed by atoms with Crippen molar-refractivity contribution in [2.45, 2.75) is 0 Å². The zero-order valence-electron chi connectivity index (χ0n) is 11.0.